The van der Waals surface area contributed by atoms with Gasteiger partial charge in [0.1, 0.15) is 5.75 Å². The molecule has 0 fully saturated rings. The molecule has 0 saturated carbocycles. The van der Waals surface area contributed by atoms with Gasteiger partial charge in [0.2, 0.25) is 5.88 Å². The number of hydrogen-bond acceptors (Lipinski definition) is 3. The number of aliphatic hydroxyl groups excluding tert-OH is 1. The van der Waals surface area contributed by atoms with E-state index in [4.69, 9.17) is 21.4 Å². The van der Waals surface area contributed by atoms with Gasteiger partial charge in [-0.1, -0.05) is 30.7 Å². The second kappa shape index (κ2) is 5.85. The maximum Gasteiger partial charge on any atom is 0.219 e. The number of aliphatic hydroxyl groups is 1. The Morgan fingerprint density at radius 2 is 2.00 bits per heavy atom. The molecule has 1 aromatic carbocycles. The Bertz CT molecular complexity index is 526. The molecule has 0 unspecified atom stereocenters. The van der Waals surface area contributed by atoms with Crippen LogP contribution in [0.4, 0.5) is 0 Å². The normalized spacial score (nSPS) is 10.4. The average molecular weight is 264 g/mol. The van der Waals surface area contributed by atoms with Gasteiger partial charge in [0, 0.05) is 17.8 Å². The molecule has 2 rings (SSSR count). The van der Waals surface area contributed by atoms with E-state index in [1.807, 2.05) is 24.3 Å². The van der Waals surface area contributed by atoms with Gasteiger partial charge in [-0.05, 0) is 24.1 Å². The first-order chi connectivity index (χ1) is 8.72. The van der Waals surface area contributed by atoms with E-state index in [0.29, 0.717) is 22.2 Å². The van der Waals surface area contributed by atoms with E-state index >= 15 is 0 Å². The highest BCUT2D eigenvalue weighted by Crippen LogP contribution is 2.24. The Morgan fingerprint density at radius 3 is 2.61 bits per heavy atom. The van der Waals surface area contributed by atoms with Crippen LogP contribution in [-0.4, -0.2) is 10.1 Å². The number of benzene rings is 1. The van der Waals surface area contributed by atoms with Crippen LogP contribution in [-0.2, 0) is 13.0 Å². The Morgan fingerprint density at radius 1 is 1.28 bits per heavy atom. The minimum atomic E-state index is -0.132. The summed E-state index contributed by atoms with van der Waals surface area (Å²) >= 11 is 5.86. The quantitative estimate of drug-likeness (QED) is 0.917. The van der Waals surface area contributed by atoms with Crippen molar-refractivity contribution in [2.45, 2.75) is 20.0 Å². The van der Waals surface area contributed by atoms with Gasteiger partial charge in [-0.15, -0.1) is 0 Å². The molecular weight excluding hydrogens is 250 g/mol. The van der Waals surface area contributed by atoms with Gasteiger partial charge in [0.15, 0.2) is 0 Å². The van der Waals surface area contributed by atoms with Crippen LogP contribution in [0.15, 0.2) is 36.5 Å². The fourth-order valence-corrected chi connectivity index (χ4v) is 1.71. The number of nitrogens with zero attached hydrogens (tertiary/aromatic N) is 1. The first-order valence-electron chi connectivity index (χ1n) is 5.75. The predicted octanol–water partition coefficient (Wildman–Crippen LogP) is 3.58. The van der Waals surface area contributed by atoms with Crippen molar-refractivity contribution in [1.29, 1.82) is 0 Å². The van der Waals surface area contributed by atoms with Gasteiger partial charge in [0.05, 0.1) is 11.6 Å². The van der Waals surface area contributed by atoms with Gasteiger partial charge in [-0.3, -0.25) is 0 Å². The molecule has 1 aromatic heterocycles. The summed E-state index contributed by atoms with van der Waals surface area (Å²) in [7, 11) is 0. The molecule has 0 amide bonds. The molecule has 1 N–H and O–H groups in total. The molecule has 0 spiro atoms. The second-order valence-corrected chi connectivity index (χ2v) is 4.28. The van der Waals surface area contributed by atoms with Gasteiger partial charge in [0.25, 0.3) is 0 Å². The Labute approximate surface area is 111 Å². The molecule has 4 heteroatoms. The topological polar surface area (TPSA) is 42.4 Å². The SMILES string of the molecule is CCc1ccc(Oc2cc(CO)c(Cl)cn2)cc1. The molecule has 94 valence electrons. The number of ether oxygens (including phenoxy) is 1. The third-order valence-electron chi connectivity index (χ3n) is 2.63. The predicted molar refractivity (Wildman–Crippen MR) is 71.1 cm³/mol. The van der Waals surface area contributed by atoms with Gasteiger partial charge in [-0.25, -0.2) is 4.98 Å². The summed E-state index contributed by atoms with van der Waals surface area (Å²) < 4.78 is 5.59. The molecular formula is C14H14ClNO2. The average Bonchev–Trinajstić information content (AvgIpc) is 2.42. The van der Waals surface area contributed by atoms with Crippen molar-refractivity contribution >= 4 is 11.6 Å². The Balaban J connectivity index is 2.17. The summed E-state index contributed by atoms with van der Waals surface area (Å²) in [5.41, 5.74) is 1.86. The number of halogens is 1. The molecule has 0 atom stereocenters. The van der Waals surface area contributed by atoms with E-state index in [0.717, 1.165) is 6.42 Å². The summed E-state index contributed by atoms with van der Waals surface area (Å²) in [6.45, 7) is 1.97. The van der Waals surface area contributed by atoms with E-state index in [2.05, 4.69) is 11.9 Å². The van der Waals surface area contributed by atoms with Crippen LogP contribution in [0.3, 0.4) is 0 Å². The molecule has 0 bridgehead atoms. The van der Waals surface area contributed by atoms with E-state index in [9.17, 15) is 0 Å². The highest BCUT2D eigenvalue weighted by molar-refractivity contribution is 6.31. The maximum atomic E-state index is 9.11. The maximum absolute atomic E-state index is 9.11. The molecule has 0 aliphatic carbocycles. The smallest absolute Gasteiger partial charge is 0.219 e. The Kier molecular flexibility index (Phi) is 4.18. The zero-order chi connectivity index (χ0) is 13.0. The van der Waals surface area contributed by atoms with Gasteiger partial charge >= 0.3 is 0 Å². The third-order valence-corrected chi connectivity index (χ3v) is 2.97. The minimum Gasteiger partial charge on any atom is -0.439 e. The molecule has 0 radical (unpaired) electrons. The van der Waals surface area contributed by atoms with Crippen LogP contribution < -0.4 is 4.74 Å². The number of pyridine rings is 1. The fourth-order valence-electron chi connectivity index (χ4n) is 1.55. The standard InChI is InChI=1S/C14H14ClNO2/c1-2-10-3-5-12(6-4-10)18-14-7-11(9-17)13(15)8-16-14/h3-8,17H,2,9H2,1H3. The van der Waals surface area contributed by atoms with E-state index in [1.165, 1.54) is 11.8 Å². The molecule has 18 heavy (non-hydrogen) atoms. The highest BCUT2D eigenvalue weighted by atomic mass is 35.5. The van der Waals surface area contributed by atoms with E-state index in [1.54, 1.807) is 6.07 Å². The van der Waals surface area contributed by atoms with Crippen molar-refractivity contribution in [1.82, 2.24) is 4.98 Å². The van der Waals surface area contributed by atoms with Crippen LogP contribution in [0.25, 0.3) is 0 Å². The number of aryl methyl sites for hydroxylation is 1. The van der Waals surface area contributed by atoms with Crippen LogP contribution >= 0.6 is 11.6 Å². The van der Waals surface area contributed by atoms with E-state index in [-0.39, 0.29) is 6.61 Å². The number of rotatable bonds is 4. The summed E-state index contributed by atoms with van der Waals surface area (Å²) in [5, 5.41) is 9.55. The van der Waals surface area contributed by atoms with Crippen molar-refractivity contribution in [2.75, 3.05) is 0 Å². The third kappa shape index (κ3) is 3.00. The molecule has 3 nitrogen and oxygen atoms in total. The first-order valence-corrected chi connectivity index (χ1v) is 6.12. The fraction of sp³-hybridized carbons (Fsp3) is 0.214. The van der Waals surface area contributed by atoms with E-state index < -0.39 is 0 Å². The monoisotopic (exact) mass is 263 g/mol. The minimum absolute atomic E-state index is 0.132. The van der Waals surface area contributed by atoms with Crippen molar-refractivity contribution in [3.63, 3.8) is 0 Å². The van der Waals surface area contributed by atoms with Crippen LogP contribution in [0.5, 0.6) is 11.6 Å². The molecule has 2 aromatic rings. The number of hydrogen-bond donors (Lipinski definition) is 1. The largest absolute Gasteiger partial charge is 0.439 e. The summed E-state index contributed by atoms with van der Waals surface area (Å²) in [5.74, 6) is 1.14. The first kappa shape index (κ1) is 12.9. The summed E-state index contributed by atoms with van der Waals surface area (Å²) in [6, 6.07) is 9.45. The van der Waals surface area contributed by atoms with Gasteiger partial charge in [-0.2, -0.15) is 0 Å². The van der Waals surface area contributed by atoms with Crippen molar-refractivity contribution in [3.8, 4) is 11.6 Å². The van der Waals surface area contributed by atoms with Crippen LogP contribution in [0.2, 0.25) is 5.02 Å². The lowest BCUT2D eigenvalue weighted by atomic mass is 10.2. The van der Waals surface area contributed by atoms with Gasteiger partial charge < -0.3 is 9.84 Å². The number of aromatic nitrogens is 1. The zero-order valence-corrected chi connectivity index (χ0v) is 10.8. The lowest BCUT2D eigenvalue weighted by Gasteiger charge is -2.07. The van der Waals surface area contributed by atoms with Crippen molar-refractivity contribution < 1.29 is 9.84 Å². The van der Waals surface area contributed by atoms with Crippen molar-refractivity contribution in [2.24, 2.45) is 0 Å². The molecule has 0 saturated heterocycles. The second-order valence-electron chi connectivity index (χ2n) is 3.87. The Hall–Kier alpha value is -1.58. The molecule has 1 heterocycles. The summed E-state index contributed by atoms with van der Waals surface area (Å²) in [6.07, 6.45) is 2.47. The van der Waals surface area contributed by atoms with Crippen LogP contribution in [0.1, 0.15) is 18.1 Å². The highest BCUT2D eigenvalue weighted by Gasteiger charge is 2.04. The lowest BCUT2D eigenvalue weighted by Crippen LogP contribution is -1.92. The van der Waals surface area contributed by atoms with Crippen molar-refractivity contribution in [3.05, 3.63) is 52.7 Å². The molecule has 0 aliphatic heterocycles. The van der Waals surface area contributed by atoms with Crippen LogP contribution in [0, 0.1) is 0 Å². The summed E-state index contributed by atoms with van der Waals surface area (Å²) in [4.78, 5) is 4.06. The lowest BCUT2D eigenvalue weighted by molar-refractivity contribution is 0.281. The molecule has 0 aliphatic rings. The zero-order valence-electron chi connectivity index (χ0n) is 10.1.